The molecule has 0 saturated heterocycles. The number of amides is 1. The zero-order chi connectivity index (χ0) is 18.1. The van der Waals surface area contributed by atoms with Crippen LogP contribution in [0.3, 0.4) is 0 Å². The van der Waals surface area contributed by atoms with Crippen molar-refractivity contribution in [1.29, 1.82) is 0 Å². The second-order valence-electron chi connectivity index (χ2n) is 7.73. The van der Waals surface area contributed by atoms with Crippen molar-refractivity contribution in [3.63, 3.8) is 0 Å². The molecule has 0 aliphatic heterocycles. The number of ether oxygens (including phenoxy) is 1. The van der Waals surface area contributed by atoms with Gasteiger partial charge in [-0.1, -0.05) is 19.3 Å². The lowest BCUT2D eigenvalue weighted by Gasteiger charge is -2.26. The molecule has 0 heterocycles. The van der Waals surface area contributed by atoms with Crippen LogP contribution >= 0.6 is 24.0 Å². The molecule has 6 nitrogen and oxygen atoms in total. The van der Waals surface area contributed by atoms with Crippen molar-refractivity contribution in [3.8, 4) is 0 Å². The molecule has 0 aromatic carbocycles. The van der Waals surface area contributed by atoms with Gasteiger partial charge in [0.1, 0.15) is 6.54 Å². The molecular weight excluding hydrogens is 443 g/mol. The topological polar surface area (TPSA) is 66.0 Å². The maximum absolute atomic E-state index is 11.9. The number of halogens is 1. The predicted molar refractivity (Wildman–Crippen MR) is 117 cm³/mol. The van der Waals surface area contributed by atoms with Gasteiger partial charge < -0.3 is 20.3 Å². The zero-order valence-electron chi connectivity index (χ0n) is 16.7. The predicted octanol–water partition coefficient (Wildman–Crippen LogP) is 2.77. The molecule has 2 N–H and O–H groups in total. The van der Waals surface area contributed by atoms with Crippen LogP contribution < -0.4 is 10.6 Å². The maximum Gasteiger partial charge on any atom is 0.243 e. The van der Waals surface area contributed by atoms with Crippen LogP contribution in [0.5, 0.6) is 0 Å². The number of aliphatic imine (C=N–C) groups is 1. The highest BCUT2D eigenvalue weighted by molar-refractivity contribution is 14.0. The van der Waals surface area contributed by atoms with Crippen molar-refractivity contribution < 1.29 is 9.53 Å². The largest absolute Gasteiger partial charge is 0.382 e. The lowest BCUT2D eigenvalue weighted by Crippen LogP contribution is -2.46. The average Bonchev–Trinajstić information content (AvgIpc) is 3.38. The van der Waals surface area contributed by atoms with Crippen LogP contribution in [0.4, 0.5) is 0 Å². The summed E-state index contributed by atoms with van der Waals surface area (Å²) in [6, 6.07) is 0.480. The van der Waals surface area contributed by atoms with E-state index in [0.29, 0.717) is 11.5 Å². The molecule has 0 radical (unpaired) electrons. The Morgan fingerprint density at radius 2 is 1.92 bits per heavy atom. The molecular formula is C19H37IN4O2. The van der Waals surface area contributed by atoms with Crippen LogP contribution in [0, 0.1) is 5.41 Å². The van der Waals surface area contributed by atoms with Crippen LogP contribution in [0.2, 0.25) is 0 Å². The van der Waals surface area contributed by atoms with Crippen LogP contribution in [-0.4, -0.2) is 63.2 Å². The highest BCUT2D eigenvalue weighted by atomic mass is 127. The Kier molecular flexibility index (Phi) is 10.8. The molecule has 0 aromatic heterocycles. The van der Waals surface area contributed by atoms with Gasteiger partial charge in [-0.2, -0.15) is 0 Å². The number of nitrogens with zero attached hydrogens (tertiary/aromatic N) is 2. The van der Waals surface area contributed by atoms with Crippen LogP contribution in [-0.2, 0) is 9.53 Å². The molecule has 0 atom stereocenters. The van der Waals surface area contributed by atoms with E-state index in [2.05, 4.69) is 15.6 Å². The third kappa shape index (κ3) is 8.41. The Morgan fingerprint density at radius 1 is 1.23 bits per heavy atom. The van der Waals surface area contributed by atoms with E-state index in [1.807, 2.05) is 6.92 Å². The van der Waals surface area contributed by atoms with Gasteiger partial charge >= 0.3 is 0 Å². The standard InChI is InChI=1S/C19H36N4O2.HI/c1-4-25-13-12-19(10-11-19)15-21-18(20-14-17(24)23(2)3)22-16-8-6-5-7-9-16;/h16H,4-15H2,1-3H3,(H2,20,21,22);1H. The third-order valence-corrected chi connectivity index (χ3v) is 5.39. The highest BCUT2D eigenvalue weighted by Crippen LogP contribution is 2.48. The lowest BCUT2D eigenvalue weighted by molar-refractivity contribution is -0.127. The fourth-order valence-corrected chi connectivity index (χ4v) is 3.28. The SMILES string of the molecule is CCOCCC1(CNC(=NCC(=O)N(C)C)NC2CCCCC2)CC1.I. The fraction of sp³-hybridized carbons (Fsp3) is 0.895. The number of carbonyl (C=O) groups excluding carboxylic acids is 1. The molecule has 2 aliphatic carbocycles. The summed E-state index contributed by atoms with van der Waals surface area (Å²) < 4.78 is 5.52. The van der Waals surface area contributed by atoms with Crippen molar-refractivity contribution in [3.05, 3.63) is 0 Å². The van der Waals surface area contributed by atoms with Crippen LogP contribution in [0.15, 0.2) is 4.99 Å². The minimum atomic E-state index is 0. The maximum atomic E-state index is 11.9. The van der Waals surface area contributed by atoms with Gasteiger partial charge in [0, 0.05) is 39.9 Å². The van der Waals surface area contributed by atoms with Crippen molar-refractivity contribution in [2.75, 3.05) is 40.4 Å². The van der Waals surface area contributed by atoms with E-state index in [-0.39, 0.29) is 36.4 Å². The number of rotatable bonds is 9. The summed E-state index contributed by atoms with van der Waals surface area (Å²) >= 11 is 0. The van der Waals surface area contributed by atoms with Crippen molar-refractivity contribution in [2.24, 2.45) is 10.4 Å². The monoisotopic (exact) mass is 480 g/mol. The van der Waals surface area contributed by atoms with Crippen molar-refractivity contribution in [2.45, 2.75) is 64.3 Å². The van der Waals surface area contributed by atoms with E-state index in [9.17, 15) is 4.79 Å². The molecule has 1 amide bonds. The van der Waals surface area contributed by atoms with E-state index < -0.39 is 0 Å². The quantitative estimate of drug-likeness (QED) is 0.231. The number of likely N-dealkylation sites (N-methyl/N-ethyl adjacent to an activating group) is 1. The van der Waals surface area contributed by atoms with Gasteiger partial charge in [0.2, 0.25) is 5.91 Å². The molecule has 7 heteroatoms. The van der Waals surface area contributed by atoms with Crippen LogP contribution in [0.25, 0.3) is 0 Å². The second kappa shape index (κ2) is 12.0. The molecule has 0 bridgehead atoms. The highest BCUT2D eigenvalue weighted by Gasteiger charge is 2.42. The fourth-order valence-electron chi connectivity index (χ4n) is 3.28. The minimum absolute atomic E-state index is 0. The lowest BCUT2D eigenvalue weighted by atomic mass is 9.96. The smallest absolute Gasteiger partial charge is 0.243 e. The van der Waals surface area contributed by atoms with Gasteiger partial charge in [-0.05, 0) is 44.4 Å². The second-order valence-corrected chi connectivity index (χ2v) is 7.73. The van der Waals surface area contributed by atoms with E-state index in [1.54, 1.807) is 19.0 Å². The Balaban J connectivity index is 0.00000338. The third-order valence-electron chi connectivity index (χ3n) is 5.39. The molecule has 0 unspecified atom stereocenters. The van der Waals surface area contributed by atoms with Gasteiger partial charge in [0.15, 0.2) is 5.96 Å². The minimum Gasteiger partial charge on any atom is -0.382 e. The number of guanidine groups is 1. The van der Waals surface area contributed by atoms with Gasteiger partial charge in [0.25, 0.3) is 0 Å². The first-order valence-electron chi connectivity index (χ1n) is 9.87. The summed E-state index contributed by atoms with van der Waals surface area (Å²) in [6.07, 6.45) is 9.87. The summed E-state index contributed by atoms with van der Waals surface area (Å²) in [5, 5.41) is 7.06. The summed E-state index contributed by atoms with van der Waals surface area (Å²) in [4.78, 5) is 18.0. The van der Waals surface area contributed by atoms with Crippen molar-refractivity contribution in [1.82, 2.24) is 15.5 Å². The normalized spacial score (nSPS) is 19.4. The number of carbonyl (C=O) groups is 1. The number of hydrogen-bond donors (Lipinski definition) is 2. The van der Waals surface area contributed by atoms with Gasteiger partial charge in [0.05, 0.1) is 0 Å². The average molecular weight is 480 g/mol. The number of hydrogen-bond acceptors (Lipinski definition) is 3. The van der Waals surface area contributed by atoms with Gasteiger partial charge in [-0.15, -0.1) is 24.0 Å². The summed E-state index contributed by atoms with van der Waals surface area (Å²) in [6.45, 7) is 4.76. The zero-order valence-corrected chi connectivity index (χ0v) is 19.0. The summed E-state index contributed by atoms with van der Waals surface area (Å²) in [7, 11) is 3.54. The Bertz CT molecular complexity index is 447. The Morgan fingerprint density at radius 3 is 2.50 bits per heavy atom. The molecule has 152 valence electrons. The van der Waals surface area contributed by atoms with Gasteiger partial charge in [-0.25, -0.2) is 4.99 Å². The molecule has 2 fully saturated rings. The molecule has 0 aromatic rings. The number of nitrogens with one attached hydrogen (secondary N) is 2. The van der Waals surface area contributed by atoms with Crippen molar-refractivity contribution >= 4 is 35.8 Å². The molecule has 0 spiro atoms. The first-order valence-corrected chi connectivity index (χ1v) is 9.87. The molecule has 2 saturated carbocycles. The van der Waals surface area contributed by atoms with E-state index in [0.717, 1.165) is 32.1 Å². The Labute approximate surface area is 175 Å². The Hall–Kier alpha value is -0.570. The first-order chi connectivity index (χ1) is 12.0. The van der Waals surface area contributed by atoms with Gasteiger partial charge in [-0.3, -0.25) is 4.79 Å². The summed E-state index contributed by atoms with van der Waals surface area (Å²) in [5.41, 5.74) is 0.357. The first kappa shape index (κ1) is 23.5. The molecule has 26 heavy (non-hydrogen) atoms. The molecule has 2 rings (SSSR count). The van der Waals surface area contributed by atoms with E-state index in [1.165, 1.54) is 44.9 Å². The van der Waals surface area contributed by atoms with E-state index >= 15 is 0 Å². The van der Waals surface area contributed by atoms with Crippen LogP contribution in [0.1, 0.15) is 58.3 Å². The summed E-state index contributed by atoms with van der Waals surface area (Å²) in [5.74, 6) is 0.826. The van der Waals surface area contributed by atoms with E-state index in [4.69, 9.17) is 4.74 Å². The molecule has 2 aliphatic rings.